The largest absolute Gasteiger partial charge is 0.465 e. The van der Waals surface area contributed by atoms with Gasteiger partial charge in [-0.3, -0.25) is 0 Å². The van der Waals surface area contributed by atoms with E-state index in [4.69, 9.17) is 10.2 Å². The molecule has 6 nitrogen and oxygen atoms in total. The van der Waals surface area contributed by atoms with Gasteiger partial charge in [-0.15, -0.1) is 0 Å². The molecule has 0 aliphatic carbocycles. The van der Waals surface area contributed by atoms with E-state index in [0.29, 0.717) is 26.1 Å². The molecule has 2 N–H and O–H groups in total. The fourth-order valence-corrected chi connectivity index (χ4v) is 2.68. The molecule has 1 atom stereocenters. The van der Waals surface area contributed by atoms with Crippen molar-refractivity contribution >= 4 is 12.2 Å². The maximum atomic E-state index is 11.0. The van der Waals surface area contributed by atoms with Crippen molar-refractivity contribution in [3.63, 3.8) is 0 Å². The Hall–Kier alpha value is -1.46. The first-order valence-corrected chi connectivity index (χ1v) is 5.04. The summed E-state index contributed by atoms with van der Waals surface area (Å²) in [5.74, 6) is 0. The average molecular weight is 214 g/mol. The van der Waals surface area contributed by atoms with Gasteiger partial charge in [-0.05, 0) is 19.3 Å². The molecular formula is C9H14N2O4. The van der Waals surface area contributed by atoms with Crippen molar-refractivity contribution in [3.05, 3.63) is 0 Å². The quantitative estimate of drug-likeness (QED) is 0.627. The van der Waals surface area contributed by atoms with Crippen molar-refractivity contribution in [1.29, 1.82) is 0 Å². The Morgan fingerprint density at radius 2 is 1.80 bits per heavy atom. The van der Waals surface area contributed by atoms with Gasteiger partial charge in [-0.1, -0.05) is 0 Å². The monoisotopic (exact) mass is 214 g/mol. The number of hydrogen-bond donors (Lipinski definition) is 2. The minimum atomic E-state index is -0.955. The molecule has 2 aliphatic rings. The fourth-order valence-electron chi connectivity index (χ4n) is 2.68. The first kappa shape index (κ1) is 10.1. The van der Waals surface area contributed by atoms with Crippen LogP contribution >= 0.6 is 0 Å². The third-order valence-electron chi connectivity index (χ3n) is 3.43. The number of likely N-dealkylation sites (tertiary alicyclic amines) is 2. The van der Waals surface area contributed by atoms with Gasteiger partial charge < -0.3 is 20.0 Å². The Labute approximate surface area is 87.1 Å². The number of amides is 2. The van der Waals surface area contributed by atoms with Crippen LogP contribution in [0.4, 0.5) is 9.59 Å². The van der Waals surface area contributed by atoms with Crippen LogP contribution < -0.4 is 0 Å². The van der Waals surface area contributed by atoms with Gasteiger partial charge >= 0.3 is 12.2 Å². The minimum absolute atomic E-state index is 0.328. The van der Waals surface area contributed by atoms with Crippen LogP contribution in [0.15, 0.2) is 0 Å². The Bertz CT molecular complexity index is 306. The van der Waals surface area contributed by atoms with Crippen molar-refractivity contribution in [2.45, 2.75) is 24.8 Å². The van der Waals surface area contributed by atoms with Crippen LogP contribution in [-0.2, 0) is 0 Å². The summed E-state index contributed by atoms with van der Waals surface area (Å²) in [7, 11) is 0. The zero-order valence-corrected chi connectivity index (χ0v) is 8.35. The molecule has 1 unspecified atom stereocenters. The molecule has 0 bridgehead atoms. The number of rotatable bonds is 0. The lowest BCUT2D eigenvalue weighted by atomic mass is 9.95. The van der Waals surface area contributed by atoms with Gasteiger partial charge in [0.05, 0.1) is 5.54 Å². The molecule has 2 heterocycles. The van der Waals surface area contributed by atoms with E-state index < -0.39 is 17.7 Å². The Balaban J connectivity index is 2.14. The second-order valence-electron chi connectivity index (χ2n) is 4.22. The van der Waals surface area contributed by atoms with Crippen LogP contribution in [-0.4, -0.2) is 57.4 Å². The summed E-state index contributed by atoms with van der Waals surface area (Å²) in [5, 5.41) is 17.9. The number of hydrogen-bond acceptors (Lipinski definition) is 2. The van der Waals surface area contributed by atoms with Crippen LogP contribution in [0.2, 0.25) is 0 Å². The maximum Gasteiger partial charge on any atom is 0.407 e. The molecule has 2 aliphatic heterocycles. The molecule has 1 spiro atoms. The molecule has 2 rings (SSSR count). The molecule has 2 amide bonds. The van der Waals surface area contributed by atoms with E-state index >= 15 is 0 Å². The van der Waals surface area contributed by atoms with Gasteiger partial charge in [0, 0.05) is 19.6 Å². The van der Waals surface area contributed by atoms with E-state index in [1.54, 1.807) is 0 Å². The number of carbonyl (C=O) groups is 2. The van der Waals surface area contributed by atoms with Crippen molar-refractivity contribution < 1.29 is 19.8 Å². The summed E-state index contributed by atoms with van der Waals surface area (Å²) in [6.07, 6.45) is 0.359. The van der Waals surface area contributed by atoms with Crippen molar-refractivity contribution in [1.82, 2.24) is 9.80 Å². The van der Waals surface area contributed by atoms with E-state index in [2.05, 4.69) is 0 Å². The normalized spacial score (nSPS) is 30.1. The molecule has 15 heavy (non-hydrogen) atoms. The fraction of sp³-hybridized carbons (Fsp3) is 0.778. The van der Waals surface area contributed by atoms with Crippen molar-refractivity contribution in [2.24, 2.45) is 0 Å². The van der Waals surface area contributed by atoms with E-state index in [-0.39, 0.29) is 0 Å². The highest BCUT2D eigenvalue weighted by Gasteiger charge is 2.49. The lowest BCUT2D eigenvalue weighted by Crippen LogP contribution is -2.49. The Morgan fingerprint density at radius 3 is 2.33 bits per heavy atom. The predicted molar refractivity (Wildman–Crippen MR) is 50.9 cm³/mol. The summed E-state index contributed by atoms with van der Waals surface area (Å²) >= 11 is 0. The van der Waals surface area contributed by atoms with Crippen molar-refractivity contribution in [2.75, 3.05) is 19.6 Å². The van der Waals surface area contributed by atoms with E-state index in [9.17, 15) is 9.59 Å². The Morgan fingerprint density at radius 1 is 1.07 bits per heavy atom. The SMILES string of the molecule is O=C(O)N1CCC2(CCCN2C(=O)O)C1. The van der Waals surface area contributed by atoms with Gasteiger partial charge in [-0.2, -0.15) is 0 Å². The van der Waals surface area contributed by atoms with Gasteiger partial charge in [-0.25, -0.2) is 9.59 Å². The van der Waals surface area contributed by atoms with Crippen LogP contribution in [0.1, 0.15) is 19.3 Å². The second-order valence-corrected chi connectivity index (χ2v) is 4.22. The predicted octanol–water partition coefficient (Wildman–Crippen LogP) is 0.883. The summed E-state index contributed by atoms with van der Waals surface area (Å²) in [6, 6.07) is 0. The number of carboxylic acid groups (broad SMARTS) is 2. The summed E-state index contributed by atoms with van der Waals surface area (Å²) < 4.78 is 0. The third kappa shape index (κ3) is 1.49. The third-order valence-corrected chi connectivity index (χ3v) is 3.43. The first-order chi connectivity index (χ1) is 7.05. The Kier molecular flexibility index (Phi) is 2.21. The van der Waals surface area contributed by atoms with Gasteiger partial charge in [0.15, 0.2) is 0 Å². The smallest absolute Gasteiger partial charge is 0.407 e. The summed E-state index contributed by atoms with van der Waals surface area (Å²) in [5.41, 5.74) is -0.440. The topological polar surface area (TPSA) is 81.1 Å². The molecule has 6 heteroatoms. The standard InChI is InChI=1S/C9H14N2O4/c12-7(13)10-5-3-9(6-10)2-1-4-11(9)8(14)15/h1-6H2,(H,12,13)(H,14,15). The molecule has 0 radical (unpaired) electrons. The van der Waals surface area contributed by atoms with Crippen LogP contribution in [0.3, 0.4) is 0 Å². The maximum absolute atomic E-state index is 11.0. The zero-order valence-electron chi connectivity index (χ0n) is 8.35. The molecule has 0 aromatic rings. The highest BCUT2D eigenvalue weighted by Crippen LogP contribution is 2.37. The van der Waals surface area contributed by atoms with E-state index in [1.807, 2.05) is 0 Å². The van der Waals surface area contributed by atoms with Crippen LogP contribution in [0.5, 0.6) is 0 Å². The summed E-state index contributed by atoms with van der Waals surface area (Å²) in [4.78, 5) is 24.5. The number of nitrogens with zero attached hydrogens (tertiary/aromatic N) is 2. The van der Waals surface area contributed by atoms with Gasteiger partial charge in [0.2, 0.25) is 0 Å². The van der Waals surface area contributed by atoms with E-state index in [0.717, 1.165) is 12.8 Å². The van der Waals surface area contributed by atoms with Crippen molar-refractivity contribution in [3.8, 4) is 0 Å². The molecular weight excluding hydrogens is 200 g/mol. The average Bonchev–Trinajstić information content (AvgIpc) is 2.74. The first-order valence-electron chi connectivity index (χ1n) is 5.04. The molecule has 84 valence electrons. The second kappa shape index (κ2) is 3.29. The zero-order chi connectivity index (χ0) is 11.1. The summed E-state index contributed by atoms with van der Waals surface area (Å²) in [6.45, 7) is 1.30. The molecule has 2 fully saturated rings. The molecule has 0 aromatic heterocycles. The minimum Gasteiger partial charge on any atom is -0.465 e. The highest BCUT2D eigenvalue weighted by molar-refractivity contribution is 5.69. The molecule has 2 saturated heterocycles. The highest BCUT2D eigenvalue weighted by atomic mass is 16.4. The molecule has 0 saturated carbocycles. The lowest BCUT2D eigenvalue weighted by Gasteiger charge is -2.32. The molecule has 0 aromatic carbocycles. The van der Waals surface area contributed by atoms with Gasteiger partial charge in [0.25, 0.3) is 0 Å². The van der Waals surface area contributed by atoms with Crippen LogP contribution in [0.25, 0.3) is 0 Å². The van der Waals surface area contributed by atoms with E-state index in [1.165, 1.54) is 9.80 Å². The van der Waals surface area contributed by atoms with Gasteiger partial charge in [0.1, 0.15) is 0 Å². The van der Waals surface area contributed by atoms with Crippen LogP contribution in [0, 0.1) is 0 Å². The lowest BCUT2D eigenvalue weighted by molar-refractivity contribution is 0.101.